The molecule has 1 saturated heterocycles. The van der Waals surface area contributed by atoms with Crippen LogP contribution in [0.2, 0.25) is 5.02 Å². The van der Waals surface area contributed by atoms with Crippen molar-refractivity contribution >= 4 is 49.1 Å². The Morgan fingerprint density at radius 2 is 1.83 bits per heavy atom. The summed E-state index contributed by atoms with van der Waals surface area (Å²) in [5.74, 6) is 0.0175. The molecule has 30 heavy (non-hydrogen) atoms. The first-order valence-corrected chi connectivity index (χ1v) is 11.9. The molecule has 2 aromatic rings. The average molecular weight is 518 g/mol. The zero-order valence-corrected chi connectivity index (χ0v) is 19.7. The molecule has 0 saturated carbocycles. The van der Waals surface area contributed by atoms with E-state index in [9.17, 15) is 13.2 Å². The quantitative estimate of drug-likeness (QED) is 0.622. The van der Waals surface area contributed by atoms with Gasteiger partial charge in [-0.1, -0.05) is 27.5 Å². The molecule has 0 spiro atoms. The first-order chi connectivity index (χ1) is 14.3. The maximum Gasteiger partial charge on any atom is 0.243 e. The highest BCUT2D eigenvalue weighted by Crippen LogP contribution is 2.36. The molecule has 10 heteroatoms. The van der Waals surface area contributed by atoms with Gasteiger partial charge in [-0.2, -0.15) is 4.31 Å². The summed E-state index contributed by atoms with van der Waals surface area (Å²) in [5.41, 5.74) is 0.414. The van der Waals surface area contributed by atoms with Crippen molar-refractivity contribution in [3.63, 3.8) is 0 Å². The molecule has 2 aromatic carbocycles. The summed E-state index contributed by atoms with van der Waals surface area (Å²) in [7, 11) is -0.726. The van der Waals surface area contributed by atoms with Crippen molar-refractivity contribution in [3.8, 4) is 11.5 Å². The van der Waals surface area contributed by atoms with E-state index in [1.54, 1.807) is 36.4 Å². The monoisotopic (exact) mass is 516 g/mol. The van der Waals surface area contributed by atoms with E-state index in [-0.39, 0.29) is 17.3 Å². The summed E-state index contributed by atoms with van der Waals surface area (Å²) >= 11 is 9.41. The molecule has 1 aliphatic rings. The summed E-state index contributed by atoms with van der Waals surface area (Å²) in [6.45, 7) is 0.484. The van der Waals surface area contributed by atoms with Crippen LogP contribution in [-0.2, 0) is 14.8 Å². The standard InChI is InChI=1S/C20H22BrClN2O5S/c1-28-18-11-17(19(29-2)10-16(18)22)23-20(25)13-4-3-9-24(12-13)30(26,27)15-7-5-14(21)6-8-15/h5-8,10-11,13H,3-4,9,12H2,1-2H3,(H,23,25)/t13-/m1/s1. The number of anilines is 1. The van der Waals surface area contributed by atoms with Crippen LogP contribution in [0.4, 0.5) is 5.69 Å². The maximum absolute atomic E-state index is 13.0. The predicted octanol–water partition coefficient (Wildman–Crippen LogP) is 4.16. The van der Waals surface area contributed by atoms with E-state index in [1.165, 1.54) is 18.5 Å². The van der Waals surface area contributed by atoms with E-state index in [2.05, 4.69) is 21.2 Å². The lowest BCUT2D eigenvalue weighted by molar-refractivity contribution is -0.120. The molecule has 7 nitrogen and oxygen atoms in total. The van der Waals surface area contributed by atoms with Crippen molar-refractivity contribution in [1.82, 2.24) is 4.31 Å². The number of nitrogens with one attached hydrogen (secondary N) is 1. The van der Waals surface area contributed by atoms with Crippen molar-refractivity contribution in [2.24, 2.45) is 5.92 Å². The lowest BCUT2D eigenvalue weighted by atomic mass is 9.98. The predicted molar refractivity (Wildman–Crippen MR) is 119 cm³/mol. The lowest BCUT2D eigenvalue weighted by Crippen LogP contribution is -2.43. The largest absolute Gasteiger partial charge is 0.495 e. The Balaban J connectivity index is 1.77. The first kappa shape index (κ1) is 22.9. The molecule has 0 unspecified atom stereocenters. The van der Waals surface area contributed by atoms with Crippen molar-refractivity contribution in [2.45, 2.75) is 17.7 Å². The fourth-order valence-corrected chi connectivity index (χ4v) is 5.34. The Morgan fingerprint density at radius 1 is 1.17 bits per heavy atom. The van der Waals surface area contributed by atoms with E-state index in [0.29, 0.717) is 41.6 Å². The molecule has 0 bridgehead atoms. The fourth-order valence-electron chi connectivity index (χ4n) is 3.32. The van der Waals surface area contributed by atoms with E-state index in [4.69, 9.17) is 21.1 Å². The molecular weight excluding hydrogens is 496 g/mol. The summed E-state index contributed by atoms with van der Waals surface area (Å²) in [5, 5.41) is 3.18. The van der Waals surface area contributed by atoms with Crippen LogP contribution in [-0.4, -0.2) is 45.9 Å². The van der Waals surface area contributed by atoms with Crippen LogP contribution >= 0.6 is 27.5 Å². The maximum atomic E-state index is 13.0. The van der Waals surface area contributed by atoms with Crippen molar-refractivity contribution in [2.75, 3.05) is 32.6 Å². The topological polar surface area (TPSA) is 84.9 Å². The van der Waals surface area contributed by atoms with Gasteiger partial charge in [0.2, 0.25) is 15.9 Å². The number of benzene rings is 2. The zero-order chi connectivity index (χ0) is 21.9. The average Bonchev–Trinajstić information content (AvgIpc) is 2.75. The highest BCUT2D eigenvalue weighted by Gasteiger charge is 2.33. The van der Waals surface area contributed by atoms with E-state index < -0.39 is 15.9 Å². The van der Waals surface area contributed by atoms with Crippen molar-refractivity contribution < 1.29 is 22.7 Å². The minimum Gasteiger partial charge on any atom is -0.495 e. The molecule has 1 atom stereocenters. The van der Waals surface area contributed by atoms with Crippen LogP contribution in [0.1, 0.15) is 12.8 Å². The van der Waals surface area contributed by atoms with Gasteiger partial charge in [0.1, 0.15) is 11.5 Å². The number of ether oxygens (including phenoxy) is 2. The number of hydrogen-bond acceptors (Lipinski definition) is 5. The Kier molecular flexibility index (Phi) is 7.28. The molecule has 0 aliphatic carbocycles. The molecule has 1 heterocycles. The molecule has 1 aliphatic heterocycles. The Bertz CT molecular complexity index is 1030. The highest BCUT2D eigenvalue weighted by molar-refractivity contribution is 9.10. The van der Waals surface area contributed by atoms with Crippen LogP contribution < -0.4 is 14.8 Å². The van der Waals surface area contributed by atoms with Gasteiger partial charge in [-0.05, 0) is 37.1 Å². The molecular formula is C20H22BrClN2O5S. The van der Waals surface area contributed by atoms with Gasteiger partial charge in [0.25, 0.3) is 0 Å². The second-order valence-electron chi connectivity index (χ2n) is 6.83. The van der Waals surface area contributed by atoms with Gasteiger partial charge in [0.15, 0.2) is 0 Å². The number of halogens is 2. The van der Waals surface area contributed by atoms with Crippen LogP contribution in [0.5, 0.6) is 11.5 Å². The van der Waals surface area contributed by atoms with Crippen LogP contribution in [0.15, 0.2) is 45.8 Å². The first-order valence-electron chi connectivity index (χ1n) is 9.24. The Morgan fingerprint density at radius 3 is 2.47 bits per heavy atom. The fraction of sp³-hybridized carbons (Fsp3) is 0.350. The summed E-state index contributed by atoms with van der Waals surface area (Å²) in [6.07, 6.45) is 1.18. The number of carbonyl (C=O) groups is 1. The molecule has 1 N–H and O–H groups in total. The van der Waals surface area contributed by atoms with Gasteiger partial charge in [0, 0.05) is 29.7 Å². The number of hydrogen-bond donors (Lipinski definition) is 1. The third-order valence-corrected chi connectivity index (χ3v) is 7.64. The number of methoxy groups -OCH3 is 2. The van der Waals surface area contributed by atoms with Gasteiger partial charge < -0.3 is 14.8 Å². The molecule has 0 aromatic heterocycles. The molecule has 0 radical (unpaired) electrons. The minimum absolute atomic E-state index is 0.108. The molecule has 162 valence electrons. The van der Waals surface area contributed by atoms with Gasteiger partial charge in [-0.3, -0.25) is 4.79 Å². The Hall–Kier alpha value is -1.81. The third kappa shape index (κ3) is 4.91. The second-order valence-corrected chi connectivity index (χ2v) is 10.1. The summed E-state index contributed by atoms with van der Waals surface area (Å²) in [4.78, 5) is 13.1. The van der Waals surface area contributed by atoms with Gasteiger partial charge in [-0.15, -0.1) is 0 Å². The van der Waals surface area contributed by atoms with Crippen LogP contribution in [0.3, 0.4) is 0 Å². The number of rotatable bonds is 6. The minimum atomic E-state index is -3.68. The van der Waals surface area contributed by atoms with Gasteiger partial charge in [0.05, 0.1) is 35.7 Å². The van der Waals surface area contributed by atoms with Gasteiger partial charge >= 0.3 is 0 Å². The molecule has 3 rings (SSSR count). The highest BCUT2D eigenvalue weighted by atomic mass is 79.9. The van der Waals surface area contributed by atoms with Crippen molar-refractivity contribution in [3.05, 3.63) is 45.9 Å². The number of sulfonamides is 1. The smallest absolute Gasteiger partial charge is 0.243 e. The lowest BCUT2D eigenvalue weighted by Gasteiger charge is -2.31. The SMILES string of the molecule is COc1cc(NC(=O)[C@@H]2CCCN(S(=O)(=O)c3ccc(Br)cc3)C2)c(OC)cc1Cl. The van der Waals surface area contributed by atoms with E-state index in [1.807, 2.05) is 0 Å². The molecule has 1 fully saturated rings. The number of nitrogens with zero attached hydrogens (tertiary/aromatic N) is 1. The van der Waals surface area contributed by atoms with Crippen LogP contribution in [0.25, 0.3) is 0 Å². The number of amides is 1. The van der Waals surface area contributed by atoms with Crippen LogP contribution in [0, 0.1) is 5.92 Å². The zero-order valence-electron chi connectivity index (χ0n) is 16.5. The second kappa shape index (κ2) is 9.55. The number of carbonyl (C=O) groups excluding carboxylic acids is 1. The van der Waals surface area contributed by atoms with Gasteiger partial charge in [-0.25, -0.2) is 8.42 Å². The van der Waals surface area contributed by atoms with Crippen molar-refractivity contribution in [1.29, 1.82) is 0 Å². The summed E-state index contributed by atoms with van der Waals surface area (Å²) < 4.78 is 38.6. The Labute approximate surface area is 189 Å². The molecule has 1 amide bonds. The van der Waals surface area contributed by atoms with E-state index >= 15 is 0 Å². The van der Waals surface area contributed by atoms with E-state index in [0.717, 1.165) is 4.47 Å². The normalized spacial score (nSPS) is 17.4. The summed E-state index contributed by atoms with van der Waals surface area (Å²) in [6, 6.07) is 9.60. The third-order valence-electron chi connectivity index (χ3n) is 4.94. The number of piperidine rings is 1.